The molecule has 0 amide bonds. The Bertz CT molecular complexity index is 1140. The van der Waals surface area contributed by atoms with E-state index in [4.69, 9.17) is 18.5 Å². The predicted octanol–water partition coefficient (Wildman–Crippen LogP) is 10.2. The van der Waals surface area contributed by atoms with Crippen molar-refractivity contribution in [3.8, 4) is 0 Å². The van der Waals surface area contributed by atoms with E-state index in [1.807, 2.05) is 0 Å². The maximum atomic E-state index is 12.8. The highest BCUT2D eigenvalue weighted by Crippen LogP contribution is 2.47. The number of aliphatic hydroxyl groups is 5. The molecule has 6 N–H and O–H groups in total. The number of unbranched alkanes of at least 4 members (excludes halogenated alkanes) is 28. The van der Waals surface area contributed by atoms with E-state index in [1.165, 1.54) is 135 Å². The van der Waals surface area contributed by atoms with Crippen molar-refractivity contribution in [1.29, 1.82) is 0 Å². The SMILES string of the molecule is CCCCCCCC/C=C/CCCCCCCCCC(=O)O[C@@H](COC(=O)CCCCCCCCCCCCCCCCCC)COP(=O)(O)OC1C(O)C(O)C(O)[C@H](O)C1O. The summed E-state index contributed by atoms with van der Waals surface area (Å²) in [6, 6.07) is 0. The topological polar surface area (TPSA) is 210 Å². The molecular weight excluding hydrogens is 815 g/mol. The average molecular weight is 907 g/mol. The number of hydrogen-bond donors (Lipinski definition) is 6. The largest absolute Gasteiger partial charge is 0.472 e. The molecule has 13 nitrogen and oxygen atoms in total. The van der Waals surface area contributed by atoms with Gasteiger partial charge in [-0.3, -0.25) is 18.6 Å². The van der Waals surface area contributed by atoms with Crippen molar-refractivity contribution < 1.29 is 63.1 Å². The lowest BCUT2D eigenvalue weighted by Gasteiger charge is -2.41. The molecule has 0 saturated heterocycles. The third kappa shape index (κ3) is 30.7. The average Bonchev–Trinajstić information content (AvgIpc) is 3.25. The highest BCUT2D eigenvalue weighted by molar-refractivity contribution is 7.47. The van der Waals surface area contributed by atoms with Crippen molar-refractivity contribution in [2.45, 2.75) is 268 Å². The number of carbonyl (C=O) groups is 2. The van der Waals surface area contributed by atoms with Crippen LogP contribution in [0.2, 0.25) is 0 Å². The summed E-state index contributed by atoms with van der Waals surface area (Å²) in [7, 11) is -5.12. The minimum absolute atomic E-state index is 0.0961. The molecule has 0 aliphatic heterocycles. The van der Waals surface area contributed by atoms with E-state index < -0.39 is 75.7 Å². The van der Waals surface area contributed by atoms with Gasteiger partial charge in [-0.15, -0.1) is 0 Å². The van der Waals surface area contributed by atoms with Crippen molar-refractivity contribution in [2.24, 2.45) is 0 Å². The number of ether oxygens (including phenoxy) is 2. The highest BCUT2D eigenvalue weighted by Gasteiger charge is 2.51. The van der Waals surface area contributed by atoms with Gasteiger partial charge in [0.2, 0.25) is 0 Å². The Labute approximate surface area is 375 Å². The molecule has 1 fully saturated rings. The van der Waals surface area contributed by atoms with Crippen LogP contribution in [0.5, 0.6) is 0 Å². The molecule has 0 heterocycles. The first-order valence-corrected chi connectivity index (χ1v) is 26.5. The van der Waals surface area contributed by atoms with Crippen LogP contribution < -0.4 is 0 Å². The number of carbonyl (C=O) groups excluding carboxylic acids is 2. The van der Waals surface area contributed by atoms with E-state index in [9.17, 15) is 44.6 Å². The van der Waals surface area contributed by atoms with Crippen molar-refractivity contribution in [3.63, 3.8) is 0 Å². The number of allylic oxidation sites excluding steroid dienone is 2. The van der Waals surface area contributed by atoms with Crippen LogP contribution in [0.4, 0.5) is 0 Å². The Morgan fingerprint density at radius 2 is 0.823 bits per heavy atom. The Hall–Kier alpha value is -1.41. The van der Waals surface area contributed by atoms with Crippen LogP contribution in [0.3, 0.4) is 0 Å². The fourth-order valence-electron chi connectivity index (χ4n) is 7.81. The molecule has 1 aliphatic rings. The van der Waals surface area contributed by atoms with Crippen molar-refractivity contribution >= 4 is 19.8 Å². The normalized spacial score (nSPS) is 21.9. The van der Waals surface area contributed by atoms with Gasteiger partial charge in [-0.25, -0.2) is 4.57 Å². The molecule has 0 bridgehead atoms. The van der Waals surface area contributed by atoms with Crippen LogP contribution in [0.25, 0.3) is 0 Å². The number of phosphoric ester groups is 1. The number of rotatable bonds is 42. The molecular formula is C48H91O13P. The van der Waals surface area contributed by atoms with Crippen LogP contribution in [0, 0.1) is 0 Å². The van der Waals surface area contributed by atoms with E-state index in [2.05, 4.69) is 26.0 Å². The lowest BCUT2D eigenvalue weighted by atomic mass is 9.85. The van der Waals surface area contributed by atoms with Gasteiger partial charge >= 0.3 is 19.8 Å². The Balaban J connectivity index is 2.41. The third-order valence-corrected chi connectivity index (χ3v) is 12.8. The highest BCUT2D eigenvalue weighted by atomic mass is 31.2. The van der Waals surface area contributed by atoms with Gasteiger partial charge in [-0.05, 0) is 38.5 Å². The summed E-state index contributed by atoms with van der Waals surface area (Å²) in [6.45, 7) is 3.32. The molecule has 1 aliphatic carbocycles. The number of phosphoric acid groups is 1. The van der Waals surface area contributed by atoms with Gasteiger partial charge in [-0.2, -0.15) is 0 Å². The summed E-state index contributed by atoms with van der Waals surface area (Å²) in [6.07, 6.45) is 28.3. The minimum Gasteiger partial charge on any atom is -0.462 e. The molecule has 0 aromatic rings. The Kier molecular flexibility index (Phi) is 36.7. The minimum atomic E-state index is -5.12. The van der Waals surface area contributed by atoms with Crippen LogP contribution in [-0.4, -0.2) is 98.3 Å². The van der Waals surface area contributed by atoms with Gasteiger partial charge in [0.05, 0.1) is 6.61 Å². The lowest BCUT2D eigenvalue weighted by molar-refractivity contribution is -0.220. The zero-order valence-corrected chi connectivity index (χ0v) is 39.8. The van der Waals surface area contributed by atoms with Crippen molar-refractivity contribution in [1.82, 2.24) is 0 Å². The second kappa shape index (κ2) is 38.8. The van der Waals surface area contributed by atoms with Crippen LogP contribution >= 0.6 is 7.82 Å². The molecule has 0 aromatic carbocycles. The van der Waals surface area contributed by atoms with Crippen molar-refractivity contribution in [2.75, 3.05) is 13.2 Å². The summed E-state index contributed by atoms with van der Waals surface area (Å²) in [5, 5.41) is 50.2. The molecule has 366 valence electrons. The van der Waals surface area contributed by atoms with Gasteiger partial charge in [-0.1, -0.05) is 187 Å². The third-order valence-electron chi connectivity index (χ3n) is 11.9. The predicted molar refractivity (Wildman–Crippen MR) is 244 cm³/mol. The monoisotopic (exact) mass is 907 g/mol. The van der Waals surface area contributed by atoms with Gasteiger partial charge in [0.25, 0.3) is 0 Å². The molecule has 62 heavy (non-hydrogen) atoms. The molecule has 0 spiro atoms. The number of esters is 2. The van der Waals surface area contributed by atoms with E-state index in [0.29, 0.717) is 12.8 Å². The number of hydrogen-bond acceptors (Lipinski definition) is 12. The fourth-order valence-corrected chi connectivity index (χ4v) is 8.79. The van der Waals surface area contributed by atoms with E-state index in [1.54, 1.807) is 0 Å². The van der Waals surface area contributed by atoms with Crippen LogP contribution in [0.1, 0.15) is 226 Å². The molecule has 1 saturated carbocycles. The summed E-state index contributed by atoms with van der Waals surface area (Å²) >= 11 is 0. The Morgan fingerprint density at radius 1 is 0.484 bits per heavy atom. The number of aliphatic hydroxyl groups excluding tert-OH is 5. The van der Waals surface area contributed by atoms with Gasteiger partial charge < -0.3 is 39.9 Å². The maximum Gasteiger partial charge on any atom is 0.472 e. The standard InChI is InChI=1S/C48H91O13P/c1-3-5-7-9-11-13-15-17-19-21-23-25-27-29-31-33-35-37-42(50)60-40(39-59-62(56,57)61-48-46(54)44(52)43(51)45(53)47(48)55)38-58-41(49)36-34-32-30-28-26-24-22-20-18-16-14-12-10-8-6-4-2/h17,19,40,43-48,51-55H,3-16,18,20-39H2,1-2H3,(H,56,57)/b19-17+/t40-,43?,44-,45?,46?,47?,48?/m0/s1. The van der Waals surface area contributed by atoms with E-state index >= 15 is 0 Å². The van der Waals surface area contributed by atoms with Crippen LogP contribution in [0.15, 0.2) is 12.2 Å². The van der Waals surface area contributed by atoms with E-state index in [0.717, 1.165) is 51.4 Å². The fraction of sp³-hybridized carbons (Fsp3) is 0.917. The molecule has 14 heteroatoms. The van der Waals surface area contributed by atoms with Crippen LogP contribution in [-0.2, 0) is 32.7 Å². The second-order valence-corrected chi connectivity index (χ2v) is 19.1. The second-order valence-electron chi connectivity index (χ2n) is 17.7. The van der Waals surface area contributed by atoms with Gasteiger partial charge in [0.1, 0.15) is 43.2 Å². The zero-order valence-electron chi connectivity index (χ0n) is 38.9. The molecule has 8 atom stereocenters. The Morgan fingerprint density at radius 3 is 1.23 bits per heavy atom. The maximum absolute atomic E-state index is 12.8. The molecule has 1 rings (SSSR count). The first kappa shape index (κ1) is 58.6. The molecule has 0 aromatic heterocycles. The summed E-state index contributed by atoms with van der Waals surface area (Å²) in [5.74, 6) is -1.09. The summed E-state index contributed by atoms with van der Waals surface area (Å²) in [5.41, 5.74) is 0. The van der Waals surface area contributed by atoms with E-state index in [-0.39, 0.29) is 12.8 Å². The lowest BCUT2D eigenvalue weighted by Crippen LogP contribution is -2.64. The van der Waals surface area contributed by atoms with Gasteiger partial charge in [0.15, 0.2) is 6.10 Å². The van der Waals surface area contributed by atoms with Crippen molar-refractivity contribution in [3.05, 3.63) is 12.2 Å². The summed E-state index contributed by atoms with van der Waals surface area (Å²) in [4.78, 5) is 35.8. The zero-order chi connectivity index (χ0) is 45.7. The quantitative estimate of drug-likeness (QED) is 0.0146. The van der Waals surface area contributed by atoms with Gasteiger partial charge in [0, 0.05) is 12.8 Å². The molecule has 0 radical (unpaired) electrons. The first-order chi connectivity index (χ1) is 29.9. The smallest absolute Gasteiger partial charge is 0.462 e. The first-order valence-electron chi connectivity index (χ1n) is 25.0. The molecule has 6 unspecified atom stereocenters. The summed E-state index contributed by atoms with van der Waals surface area (Å²) < 4.78 is 33.6.